The van der Waals surface area contributed by atoms with Gasteiger partial charge in [-0.05, 0) is 30.1 Å². The predicted octanol–water partition coefficient (Wildman–Crippen LogP) is 2.97. The molecule has 18 heavy (non-hydrogen) atoms. The Balaban J connectivity index is 2.02. The smallest absolute Gasteiger partial charge is 0.219 e. The third-order valence-corrected chi connectivity index (χ3v) is 5.86. The topological polar surface area (TPSA) is 38.3 Å². The van der Waals surface area contributed by atoms with Crippen molar-refractivity contribution >= 4 is 21.8 Å². The number of rotatable bonds is 2. The molecule has 4 fully saturated rings. The molecule has 3 nitrogen and oxygen atoms in total. The largest absolute Gasteiger partial charge is 0.348 e. The number of halogens is 1. The quantitative estimate of drug-likeness (QED) is 0.796. The number of nitrogens with one attached hydrogen (secondary N) is 1. The molecule has 4 heteroatoms. The first-order chi connectivity index (χ1) is 8.22. The molecule has 2 unspecified atom stereocenters. The highest BCUT2D eigenvalue weighted by atomic mass is 79.9. The molecule has 0 spiro atoms. The standard InChI is InChI=1S/C14H22BrNO2/c1-10(17)16-14-7-11(2)4-12(3,8-14)6-13(5-11,9-15)18-14/h4-9H2,1-3H3,(H,16,17). The van der Waals surface area contributed by atoms with Crippen LogP contribution in [0.2, 0.25) is 0 Å². The molecule has 1 amide bonds. The summed E-state index contributed by atoms with van der Waals surface area (Å²) in [6.07, 6.45) is 5.41. The summed E-state index contributed by atoms with van der Waals surface area (Å²) in [5, 5.41) is 3.98. The second kappa shape index (κ2) is 3.51. The molecule has 2 saturated heterocycles. The lowest BCUT2D eigenvalue weighted by Gasteiger charge is -2.68. The van der Waals surface area contributed by atoms with Gasteiger partial charge in [-0.2, -0.15) is 0 Å². The zero-order valence-corrected chi connectivity index (χ0v) is 13.0. The van der Waals surface area contributed by atoms with Gasteiger partial charge in [-0.1, -0.05) is 29.8 Å². The van der Waals surface area contributed by atoms with Crippen LogP contribution in [0.25, 0.3) is 0 Å². The molecule has 0 aromatic heterocycles. The molecular weight excluding hydrogens is 294 g/mol. The first kappa shape index (κ1) is 12.9. The van der Waals surface area contributed by atoms with Gasteiger partial charge in [0.05, 0.1) is 5.60 Å². The third-order valence-electron chi connectivity index (χ3n) is 4.84. The van der Waals surface area contributed by atoms with Gasteiger partial charge in [0.25, 0.3) is 0 Å². The number of carbonyl (C=O) groups is 1. The zero-order valence-electron chi connectivity index (χ0n) is 11.4. The molecule has 0 radical (unpaired) electrons. The third kappa shape index (κ3) is 1.83. The maximum absolute atomic E-state index is 11.5. The lowest BCUT2D eigenvalue weighted by atomic mass is 9.48. The minimum atomic E-state index is -0.419. The van der Waals surface area contributed by atoms with Crippen LogP contribution < -0.4 is 5.32 Å². The molecule has 0 aromatic rings. The SMILES string of the molecule is CC(=O)NC12CC3(C)CC(C)(CC(CBr)(C3)O1)C2. The Hall–Kier alpha value is -0.0900. The van der Waals surface area contributed by atoms with Crippen molar-refractivity contribution in [1.82, 2.24) is 5.32 Å². The average Bonchev–Trinajstić information content (AvgIpc) is 2.09. The molecule has 2 heterocycles. The van der Waals surface area contributed by atoms with E-state index in [1.54, 1.807) is 6.92 Å². The number of amides is 1. The average molecular weight is 316 g/mol. The van der Waals surface area contributed by atoms with Crippen LogP contribution in [-0.4, -0.2) is 22.6 Å². The summed E-state index contributed by atoms with van der Waals surface area (Å²) in [5.74, 6) is 0.0221. The summed E-state index contributed by atoms with van der Waals surface area (Å²) >= 11 is 3.64. The summed E-state index contributed by atoms with van der Waals surface area (Å²) in [5.41, 5.74) is 0.109. The second-order valence-corrected chi connectivity index (χ2v) is 8.16. The van der Waals surface area contributed by atoms with Crippen LogP contribution in [0.5, 0.6) is 0 Å². The van der Waals surface area contributed by atoms with Gasteiger partial charge < -0.3 is 10.1 Å². The Bertz CT molecular complexity index is 391. The van der Waals surface area contributed by atoms with E-state index in [-0.39, 0.29) is 11.5 Å². The fourth-order valence-corrected chi connectivity index (χ4v) is 6.09. The molecule has 2 aliphatic carbocycles. The van der Waals surface area contributed by atoms with Crippen LogP contribution in [0.15, 0.2) is 0 Å². The summed E-state index contributed by atoms with van der Waals surface area (Å²) in [6, 6.07) is 0. The van der Waals surface area contributed by atoms with Gasteiger partial charge in [0.2, 0.25) is 5.91 Å². The van der Waals surface area contributed by atoms with Crippen molar-refractivity contribution in [1.29, 1.82) is 0 Å². The van der Waals surface area contributed by atoms with Crippen LogP contribution >= 0.6 is 15.9 Å². The molecule has 2 atom stereocenters. The van der Waals surface area contributed by atoms with Crippen molar-refractivity contribution in [3.63, 3.8) is 0 Å². The summed E-state index contributed by atoms with van der Waals surface area (Å²) in [6.45, 7) is 6.31. The monoisotopic (exact) mass is 315 g/mol. The van der Waals surface area contributed by atoms with Crippen molar-refractivity contribution in [3.05, 3.63) is 0 Å². The van der Waals surface area contributed by atoms with Gasteiger partial charge in [-0.3, -0.25) is 4.79 Å². The normalized spacial score (nSPS) is 53.6. The fraction of sp³-hybridized carbons (Fsp3) is 0.929. The lowest BCUT2D eigenvalue weighted by molar-refractivity contribution is -0.315. The van der Waals surface area contributed by atoms with Crippen molar-refractivity contribution < 1.29 is 9.53 Å². The molecule has 2 aliphatic heterocycles. The van der Waals surface area contributed by atoms with Gasteiger partial charge >= 0.3 is 0 Å². The molecular formula is C14H22BrNO2. The molecule has 4 bridgehead atoms. The lowest BCUT2D eigenvalue weighted by Crippen LogP contribution is -2.72. The van der Waals surface area contributed by atoms with Crippen LogP contribution in [0, 0.1) is 10.8 Å². The van der Waals surface area contributed by atoms with Gasteiger partial charge in [-0.15, -0.1) is 0 Å². The predicted molar refractivity (Wildman–Crippen MR) is 73.5 cm³/mol. The minimum Gasteiger partial charge on any atom is -0.348 e. The highest BCUT2D eigenvalue weighted by molar-refractivity contribution is 9.09. The van der Waals surface area contributed by atoms with Crippen LogP contribution in [0.4, 0.5) is 0 Å². The fourth-order valence-electron chi connectivity index (χ4n) is 5.58. The number of hydrogen-bond donors (Lipinski definition) is 1. The van der Waals surface area contributed by atoms with Crippen LogP contribution in [0.1, 0.15) is 52.9 Å². The first-order valence-electron chi connectivity index (χ1n) is 6.77. The van der Waals surface area contributed by atoms with Gasteiger partial charge in [0.1, 0.15) is 5.72 Å². The Morgan fingerprint density at radius 3 is 2.17 bits per heavy atom. The highest BCUT2D eigenvalue weighted by Crippen LogP contribution is 2.67. The van der Waals surface area contributed by atoms with E-state index >= 15 is 0 Å². The van der Waals surface area contributed by atoms with Gasteiger partial charge in [0.15, 0.2) is 0 Å². The maximum Gasteiger partial charge on any atom is 0.219 e. The number of alkyl halides is 1. The highest BCUT2D eigenvalue weighted by Gasteiger charge is 2.66. The molecule has 2 saturated carbocycles. The van der Waals surface area contributed by atoms with Crippen molar-refractivity contribution in [2.75, 3.05) is 5.33 Å². The molecule has 102 valence electrons. The van der Waals surface area contributed by atoms with Gasteiger partial charge in [0, 0.05) is 25.1 Å². The first-order valence-corrected chi connectivity index (χ1v) is 7.89. The summed E-state index contributed by atoms with van der Waals surface area (Å²) in [7, 11) is 0. The summed E-state index contributed by atoms with van der Waals surface area (Å²) in [4.78, 5) is 11.5. The van der Waals surface area contributed by atoms with Crippen molar-refractivity contribution in [2.24, 2.45) is 10.8 Å². The van der Waals surface area contributed by atoms with E-state index in [0.29, 0.717) is 10.8 Å². The van der Waals surface area contributed by atoms with Crippen LogP contribution in [0.3, 0.4) is 0 Å². The Morgan fingerprint density at radius 1 is 1.17 bits per heavy atom. The molecule has 4 rings (SSSR count). The van der Waals surface area contributed by atoms with Crippen molar-refractivity contribution in [2.45, 2.75) is 64.2 Å². The maximum atomic E-state index is 11.5. The van der Waals surface area contributed by atoms with E-state index in [0.717, 1.165) is 31.0 Å². The zero-order chi connectivity index (χ0) is 13.2. The number of carbonyl (C=O) groups excluding carboxylic acids is 1. The van der Waals surface area contributed by atoms with E-state index in [9.17, 15) is 4.79 Å². The molecule has 1 N–H and O–H groups in total. The van der Waals surface area contributed by atoms with E-state index in [2.05, 4.69) is 35.1 Å². The molecule has 4 aliphatic rings. The minimum absolute atomic E-state index is 0.0221. The Morgan fingerprint density at radius 2 is 1.72 bits per heavy atom. The van der Waals surface area contributed by atoms with Gasteiger partial charge in [-0.25, -0.2) is 0 Å². The van der Waals surface area contributed by atoms with E-state index in [1.807, 2.05) is 0 Å². The van der Waals surface area contributed by atoms with E-state index < -0.39 is 5.72 Å². The summed E-state index contributed by atoms with van der Waals surface area (Å²) < 4.78 is 6.41. The van der Waals surface area contributed by atoms with Crippen LogP contribution in [-0.2, 0) is 9.53 Å². The van der Waals surface area contributed by atoms with E-state index in [1.165, 1.54) is 6.42 Å². The molecule has 0 aromatic carbocycles. The number of hydrogen-bond acceptors (Lipinski definition) is 2. The second-order valence-electron chi connectivity index (χ2n) is 7.60. The van der Waals surface area contributed by atoms with Crippen molar-refractivity contribution in [3.8, 4) is 0 Å². The van der Waals surface area contributed by atoms with E-state index in [4.69, 9.17) is 4.74 Å². The Kier molecular flexibility index (Phi) is 2.52. The Labute approximate surface area is 117 Å². The number of ether oxygens (including phenoxy) is 1.